The van der Waals surface area contributed by atoms with Gasteiger partial charge in [0.25, 0.3) is 5.91 Å². The number of hydrogen-bond acceptors (Lipinski definition) is 4. The van der Waals surface area contributed by atoms with Crippen LogP contribution in [0.1, 0.15) is 52.9 Å². The molecule has 3 rings (SSSR count). The zero-order valence-corrected chi connectivity index (χ0v) is 19.2. The van der Waals surface area contributed by atoms with Crippen molar-refractivity contribution in [2.45, 2.75) is 38.5 Å². The van der Waals surface area contributed by atoms with Crippen molar-refractivity contribution < 1.29 is 22.7 Å². The Morgan fingerprint density at radius 3 is 2.55 bits per heavy atom. The summed E-state index contributed by atoms with van der Waals surface area (Å²) in [5.74, 6) is -0.0906. The second kappa shape index (κ2) is 11.5. The lowest BCUT2D eigenvalue weighted by Crippen LogP contribution is -2.33. The molecule has 1 atom stereocenters. The van der Waals surface area contributed by atoms with Gasteiger partial charge in [0.05, 0.1) is 18.3 Å². The van der Waals surface area contributed by atoms with E-state index in [1.54, 1.807) is 19.2 Å². The Hall–Kier alpha value is -2.58. The first-order valence-electron chi connectivity index (χ1n) is 11.4. The molecule has 2 aromatic rings. The molecular weight excluding hydrogens is 431 g/mol. The number of anilines is 1. The molecule has 33 heavy (non-hydrogen) atoms. The van der Waals surface area contributed by atoms with Gasteiger partial charge >= 0.3 is 6.18 Å². The molecule has 0 saturated carbocycles. The largest absolute Gasteiger partial charge is 0.416 e. The number of nitrogens with one attached hydrogen (secondary N) is 2. The SMILES string of the molecule is CCCN(CCNCCC1OCCc2cc(C(=O)NC)ccc21)c1ccc(C(F)(F)F)cc1. The number of alkyl halides is 3. The van der Waals surface area contributed by atoms with E-state index in [9.17, 15) is 18.0 Å². The van der Waals surface area contributed by atoms with E-state index >= 15 is 0 Å². The summed E-state index contributed by atoms with van der Waals surface area (Å²) >= 11 is 0. The van der Waals surface area contributed by atoms with E-state index in [4.69, 9.17) is 4.74 Å². The van der Waals surface area contributed by atoms with Crippen molar-refractivity contribution in [2.75, 3.05) is 44.7 Å². The molecule has 0 fully saturated rings. The lowest BCUT2D eigenvalue weighted by molar-refractivity contribution is -0.137. The summed E-state index contributed by atoms with van der Waals surface area (Å²) in [6.45, 7) is 5.64. The van der Waals surface area contributed by atoms with Crippen molar-refractivity contribution in [2.24, 2.45) is 0 Å². The number of halogens is 3. The van der Waals surface area contributed by atoms with Crippen LogP contribution in [0.4, 0.5) is 18.9 Å². The molecule has 0 bridgehead atoms. The second-order valence-electron chi connectivity index (χ2n) is 8.17. The van der Waals surface area contributed by atoms with Crippen molar-refractivity contribution in [3.05, 3.63) is 64.7 Å². The van der Waals surface area contributed by atoms with Crippen LogP contribution >= 0.6 is 0 Å². The quantitative estimate of drug-likeness (QED) is 0.507. The average Bonchev–Trinajstić information content (AvgIpc) is 2.82. The average molecular weight is 464 g/mol. The summed E-state index contributed by atoms with van der Waals surface area (Å²) in [6, 6.07) is 11.1. The van der Waals surface area contributed by atoms with Crippen LogP contribution in [0, 0.1) is 0 Å². The van der Waals surface area contributed by atoms with Gasteiger partial charge in [0.1, 0.15) is 0 Å². The predicted octanol–water partition coefficient (Wildman–Crippen LogP) is 4.58. The Balaban J connectivity index is 1.50. The van der Waals surface area contributed by atoms with Crippen molar-refractivity contribution in [3.63, 3.8) is 0 Å². The molecule has 2 aromatic carbocycles. The molecule has 0 saturated heterocycles. The Labute approximate surface area is 193 Å². The normalized spacial score (nSPS) is 15.7. The lowest BCUT2D eigenvalue weighted by Gasteiger charge is -2.27. The number of rotatable bonds is 10. The van der Waals surface area contributed by atoms with Gasteiger partial charge in [-0.25, -0.2) is 0 Å². The summed E-state index contributed by atoms with van der Waals surface area (Å²) in [7, 11) is 1.62. The number of amides is 1. The highest BCUT2D eigenvalue weighted by molar-refractivity contribution is 5.94. The second-order valence-corrected chi connectivity index (χ2v) is 8.17. The summed E-state index contributed by atoms with van der Waals surface area (Å²) in [4.78, 5) is 14.0. The fourth-order valence-electron chi connectivity index (χ4n) is 4.14. The van der Waals surface area contributed by atoms with E-state index in [0.717, 1.165) is 67.8 Å². The van der Waals surface area contributed by atoms with Gasteiger partial charge in [-0.3, -0.25) is 4.79 Å². The molecule has 8 heteroatoms. The molecular formula is C25H32F3N3O2. The molecule has 0 aliphatic carbocycles. The zero-order chi connectivity index (χ0) is 23.8. The number of carbonyl (C=O) groups excluding carboxylic acids is 1. The minimum absolute atomic E-state index is 0.0124. The number of ether oxygens (including phenoxy) is 1. The van der Waals surface area contributed by atoms with E-state index < -0.39 is 11.7 Å². The van der Waals surface area contributed by atoms with E-state index in [1.807, 2.05) is 18.2 Å². The Morgan fingerprint density at radius 2 is 1.88 bits per heavy atom. The van der Waals surface area contributed by atoms with Gasteiger partial charge < -0.3 is 20.3 Å². The van der Waals surface area contributed by atoms with Crippen LogP contribution in [0.2, 0.25) is 0 Å². The first kappa shape index (κ1) is 25.1. The van der Waals surface area contributed by atoms with E-state index in [-0.39, 0.29) is 12.0 Å². The van der Waals surface area contributed by atoms with Crippen molar-refractivity contribution in [1.29, 1.82) is 0 Å². The molecule has 0 aromatic heterocycles. The van der Waals surface area contributed by atoms with Crippen LogP contribution in [0.25, 0.3) is 0 Å². The predicted molar refractivity (Wildman–Crippen MR) is 124 cm³/mol. The maximum Gasteiger partial charge on any atom is 0.416 e. The van der Waals surface area contributed by atoms with Crippen LogP contribution in [-0.2, 0) is 17.3 Å². The summed E-state index contributed by atoms with van der Waals surface area (Å²) in [6.07, 6.45) is -1.82. The first-order chi connectivity index (χ1) is 15.8. The maximum absolute atomic E-state index is 12.8. The minimum Gasteiger partial charge on any atom is -0.373 e. The van der Waals surface area contributed by atoms with Crippen molar-refractivity contribution in [3.8, 4) is 0 Å². The summed E-state index contributed by atoms with van der Waals surface area (Å²) < 4.78 is 44.4. The highest BCUT2D eigenvalue weighted by Crippen LogP contribution is 2.31. The number of nitrogens with zero attached hydrogens (tertiary/aromatic N) is 1. The Kier molecular flexibility index (Phi) is 8.74. The van der Waals surface area contributed by atoms with E-state index in [1.165, 1.54) is 0 Å². The third kappa shape index (κ3) is 6.71. The van der Waals surface area contributed by atoms with Gasteiger partial charge in [0.15, 0.2) is 0 Å². The highest BCUT2D eigenvalue weighted by Gasteiger charge is 2.30. The molecule has 1 aliphatic heterocycles. The van der Waals surface area contributed by atoms with Gasteiger partial charge in [-0.05, 0) is 73.3 Å². The molecule has 1 aliphatic rings. The third-order valence-electron chi connectivity index (χ3n) is 5.86. The molecule has 0 radical (unpaired) electrons. The summed E-state index contributed by atoms with van der Waals surface area (Å²) in [5, 5.41) is 6.08. The monoisotopic (exact) mass is 463 g/mol. The molecule has 0 spiro atoms. The minimum atomic E-state index is -4.32. The zero-order valence-electron chi connectivity index (χ0n) is 19.2. The van der Waals surface area contributed by atoms with Crippen LogP contribution in [0.15, 0.2) is 42.5 Å². The van der Waals surface area contributed by atoms with Gasteiger partial charge in [-0.2, -0.15) is 13.2 Å². The van der Waals surface area contributed by atoms with Crippen LogP contribution in [0.3, 0.4) is 0 Å². The van der Waals surface area contributed by atoms with Crippen LogP contribution in [-0.4, -0.2) is 45.7 Å². The first-order valence-corrected chi connectivity index (χ1v) is 11.4. The van der Waals surface area contributed by atoms with Crippen molar-refractivity contribution in [1.82, 2.24) is 10.6 Å². The molecule has 2 N–H and O–H groups in total. The van der Waals surface area contributed by atoms with Crippen molar-refractivity contribution >= 4 is 11.6 Å². The topological polar surface area (TPSA) is 53.6 Å². The number of hydrogen-bond donors (Lipinski definition) is 2. The lowest BCUT2D eigenvalue weighted by atomic mass is 9.93. The fraction of sp³-hybridized carbons (Fsp3) is 0.480. The van der Waals surface area contributed by atoms with Crippen LogP contribution in [0.5, 0.6) is 0 Å². The Morgan fingerprint density at radius 1 is 1.12 bits per heavy atom. The molecule has 1 amide bonds. The molecule has 5 nitrogen and oxygen atoms in total. The van der Waals surface area contributed by atoms with E-state index in [0.29, 0.717) is 18.7 Å². The summed E-state index contributed by atoms with van der Waals surface area (Å²) in [5.41, 5.74) is 3.12. The number of benzene rings is 2. The maximum atomic E-state index is 12.8. The molecule has 180 valence electrons. The smallest absolute Gasteiger partial charge is 0.373 e. The number of carbonyl (C=O) groups is 1. The van der Waals surface area contributed by atoms with Gasteiger partial charge in [-0.15, -0.1) is 0 Å². The van der Waals surface area contributed by atoms with Gasteiger partial charge in [0.2, 0.25) is 0 Å². The Bertz CT molecular complexity index is 916. The molecule has 1 heterocycles. The highest BCUT2D eigenvalue weighted by atomic mass is 19.4. The third-order valence-corrected chi connectivity index (χ3v) is 5.86. The number of fused-ring (bicyclic) bond motifs is 1. The van der Waals surface area contributed by atoms with Gasteiger partial charge in [0, 0.05) is 37.9 Å². The van der Waals surface area contributed by atoms with Crippen LogP contribution < -0.4 is 15.5 Å². The fourth-order valence-corrected chi connectivity index (χ4v) is 4.14. The van der Waals surface area contributed by atoms with Gasteiger partial charge in [-0.1, -0.05) is 13.0 Å². The van der Waals surface area contributed by atoms with E-state index in [2.05, 4.69) is 22.5 Å². The standard InChI is InChI=1S/C25H32F3N3O2/c1-3-14-31(21-7-5-20(6-8-21)25(26,27)28)15-13-30-12-10-23-22-9-4-19(24(32)29-2)17-18(22)11-16-33-23/h4-9,17,23,30H,3,10-16H2,1-2H3,(H,29,32). The molecule has 1 unspecified atom stereocenters.